The summed E-state index contributed by atoms with van der Waals surface area (Å²) in [7, 11) is -3.62. The Balaban J connectivity index is 2.26. The van der Waals surface area contributed by atoms with Crippen LogP contribution in [0.25, 0.3) is 0 Å². The second-order valence-corrected chi connectivity index (χ2v) is 7.02. The summed E-state index contributed by atoms with van der Waals surface area (Å²) in [5, 5.41) is 0. The zero-order valence-electron chi connectivity index (χ0n) is 13.0. The minimum absolute atomic E-state index is 0.132. The number of benzene rings is 2. The van der Waals surface area contributed by atoms with E-state index in [0.717, 1.165) is 10.6 Å². The number of hydrogen-bond donors (Lipinski definition) is 1. The number of ether oxygens (including phenoxy) is 1. The lowest BCUT2D eigenvalue weighted by molar-refractivity contribution is -0.119. The Labute approximate surface area is 139 Å². The largest absolute Gasteiger partial charge is 0.484 e. The van der Waals surface area contributed by atoms with Crippen LogP contribution in [0, 0.1) is 5.82 Å². The topological polar surface area (TPSA) is 89.7 Å². The molecule has 0 spiro atoms. The highest BCUT2D eigenvalue weighted by Crippen LogP contribution is 2.24. The molecule has 128 valence electrons. The van der Waals surface area contributed by atoms with Crippen molar-refractivity contribution in [1.82, 2.24) is 0 Å². The van der Waals surface area contributed by atoms with Crippen molar-refractivity contribution < 1.29 is 22.3 Å². The Morgan fingerprint density at radius 1 is 1.17 bits per heavy atom. The highest BCUT2D eigenvalue weighted by atomic mass is 32.2. The summed E-state index contributed by atoms with van der Waals surface area (Å²) in [5.74, 6) is -0.721. The van der Waals surface area contributed by atoms with Gasteiger partial charge in [0.1, 0.15) is 11.6 Å². The van der Waals surface area contributed by atoms with Crippen molar-refractivity contribution in [3.05, 3.63) is 59.9 Å². The maximum absolute atomic E-state index is 13.8. The van der Waals surface area contributed by atoms with Crippen molar-refractivity contribution >= 4 is 21.6 Å². The number of nitrogens with zero attached hydrogens (tertiary/aromatic N) is 1. The molecule has 2 aromatic carbocycles. The van der Waals surface area contributed by atoms with Crippen LogP contribution in [-0.4, -0.2) is 27.2 Å². The van der Waals surface area contributed by atoms with Gasteiger partial charge in [-0.3, -0.25) is 9.10 Å². The van der Waals surface area contributed by atoms with Crippen LogP contribution in [0.2, 0.25) is 0 Å². The molecule has 0 atom stereocenters. The van der Waals surface area contributed by atoms with E-state index in [1.54, 1.807) is 6.07 Å². The first kappa shape index (κ1) is 17.7. The molecule has 0 aliphatic rings. The van der Waals surface area contributed by atoms with Gasteiger partial charge >= 0.3 is 0 Å². The summed E-state index contributed by atoms with van der Waals surface area (Å²) in [5.41, 5.74) is 5.60. The molecule has 0 aromatic heterocycles. The normalized spacial score (nSPS) is 11.1. The van der Waals surface area contributed by atoms with Crippen molar-refractivity contribution in [3.63, 3.8) is 0 Å². The first-order chi connectivity index (χ1) is 11.3. The number of anilines is 1. The smallest absolute Gasteiger partial charge is 0.255 e. The van der Waals surface area contributed by atoms with Crippen molar-refractivity contribution in [2.24, 2.45) is 5.73 Å². The predicted octanol–water partition coefficient (Wildman–Crippen LogP) is 1.66. The first-order valence-electron chi connectivity index (χ1n) is 6.99. The number of amides is 1. The molecule has 8 heteroatoms. The molecule has 0 saturated carbocycles. The monoisotopic (exact) mass is 352 g/mol. The number of hydrogen-bond acceptors (Lipinski definition) is 4. The summed E-state index contributed by atoms with van der Waals surface area (Å²) in [6.45, 7) is -0.405. The molecule has 24 heavy (non-hydrogen) atoms. The Morgan fingerprint density at radius 2 is 1.79 bits per heavy atom. The summed E-state index contributed by atoms with van der Waals surface area (Å²) >= 11 is 0. The Kier molecular flexibility index (Phi) is 5.40. The Morgan fingerprint density at radius 3 is 2.33 bits per heavy atom. The maximum Gasteiger partial charge on any atom is 0.255 e. The summed E-state index contributed by atoms with van der Waals surface area (Å²) in [6.07, 6.45) is 1.05. The molecule has 0 fully saturated rings. The van der Waals surface area contributed by atoms with Gasteiger partial charge in [0.15, 0.2) is 6.61 Å². The van der Waals surface area contributed by atoms with Crippen molar-refractivity contribution in [2.45, 2.75) is 6.54 Å². The third-order valence-corrected chi connectivity index (χ3v) is 4.32. The minimum Gasteiger partial charge on any atom is -0.484 e. The molecule has 2 N–H and O–H groups in total. The molecule has 0 heterocycles. The molecule has 6 nitrogen and oxygen atoms in total. The van der Waals surface area contributed by atoms with Crippen LogP contribution in [0.1, 0.15) is 5.56 Å². The molecule has 1 amide bonds. The molecule has 0 aliphatic carbocycles. The van der Waals surface area contributed by atoms with E-state index in [1.807, 2.05) is 0 Å². The molecule has 2 rings (SSSR count). The number of primary amides is 1. The van der Waals surface area contributed by atoms with E-state index in [4.69, 9.17) is 10.5 Å². The van der Waals surface area contributed by atoms with E-state index in [2.05, 4.69) is 0 Å². The van der Waals surface area contributed by atoms with Crippen LogP contribution in [0.3, 0.4) is 0 Å². The lowest BCUT2D eigenvalue weighted by Crippen LogP contribution is -2.29. The number of carbonyl (C=O) groups is 1. The Bertz CT molecular complexity index is 822. The number of halogens is 1. The highest BCUT2D eigenvalue weighted by molar-refractivity contribution is 7.92. The van der Waals surface area contributed by atoms with Gasteiger partial charge < -0.3 is 10.5 Å². The van der Waals surface area contributed by atoms with Crippen LogP contribution >= 0.6 is 0 Å². The molecule has 0 bridgehead atoms. The first-order valence-corrected chi connectivity index (χ1v) is 8.84. The van der Waals surface area contributed by atoms with E-state index in [-0.39, 0.29) is 18.7 Å². The lowest BCUT2D eigenvalue weighted by Gasteiger charge is -2.23. The second kappa shape index (κ2) is 7.31. The predicted molar refractivity (Wildman–Crippen MR) is 88.6 cm³/mol. The second-order valence-electron chi connectivity index (χ2n) is 5.11. The average Bonchev–Trinajstić information content (AvgIpc) is 2.51. The quantitative estimate of drug-likeness (QED) is 0.820. The van der Waals surface area contributed by atoms with Crippen LogP contribution in [-0.2, 0) is 21.4 Å². The fraction of sp³-hybridized carbons (Fsp3) is 0.188. The molecule has 0 unspecified atom stereocenters. The van der Waals surface area contributed by atoms with E-state index in [9.17, 15) is 17.6 Å². The summed E-state index contributed by atoms with van der Waals surface area (Å²) < 4.78 is 44.1. The van der Waals surface area contributed by atoms with Crippen LogP contribution in [0.5, 0.6) is 5.75 Å². The standard InChI is InChI=1S/C16H17FN2O4S/c1-24(21,22)19(10-12-4-2-3-5-15(12)17)13-6-8-14(9-7-13)23-11-16(18)20/h2-9H,10-11H2,1H3,(H2,18,20). The van der Waals surface area contributed by atoms with E-state index in [0.29, 0.717) is 11.4 Å². The SMILES string of the molecule is CS(=O)(=O)N(Cc1ccccc1F)c1ccc(OCC(N)=O)cc1. The molecular formula is C16H17FN2O4S. The molecule has 0 radical (unpaired) electrons. The molecule has 0 saturated heterocycles. The van der Waals surface area contributed by atoms with Crippen LogP contribution in [0.4, 0.5) is 10.1 Å². The number of carbonyl (C=O) groups excluding carboxylic acids is 1. The van der Waals surface area contributed by atoms with Gasteiger partial charge in [-0.05, 0) is 30.3 Å². The van der Waals surface area contributed by atoms with Gasteiger partial charge in [-0.2, -0.15) is 0 Å². The molecule has 2 aromatic rings. The summed E-state index contributed by atoms with van der Waals surface area (Å²) in [4.78, 5) is 10.7. The van der Waals surface area contributed by atoms with Crippen molar-refractivity contribution in [3.8, 4) is 5.75 Å². The fourth-order valence-corrected chi connectivity index (χ4v) is 2.92. The average molecular weight is 352 g/mol. The van der Waals surface area contributed by atoms with Crippen LogP contribution < -0.4 is 14.8 Å². The Hall–Kier alpha value is -2.61. The van der Waals surface area contributed by atoms with Gasteiger partial charge in [-0.25, -0.2) is 12.8 Å². The van der Waals surface area contributed by atoms with Gasteiger partial charge in [0.25, 0.3) is 5.91 Å². The van der Waals surface area contributed by atoms with Gasteiger partial charge in [-0.1, -0.05) is 18.2 Å². The lowest BCUT2D eigenvalue weighted by atomic mass is 10.2. The highest BCUT2D eigenvalue weighted by Gasteiger charge is 2.19. The number of nitrogens with two attached hydrogens (primary N) is 1. The molecule has 0 aliphatic heterocycles. The van der Waals surface area contributed by atoms with Crippen LogP contribution in [0.15, 0.2) is 48.5 Å². The van der Waals surface area contributed by atoms with E-state index in [1.165, 1.54) is 42.5 Å². The fourth-order valence-electron chi connectivity index (χ4n) is 2.04. The number of rotatable bonds is 7. The third kappa shape index (κ3) is 4.69. The maximum atomic E-state index is 13.8. The minimum atomic E-state index is -3.62. The number of sulfonamides is 1. The van der Waals surface area contributed by atoms with Crippen molar-refractivity contribution in [2.75, 3.05) is 17.2 Å². The van der Waals surface area contributed by atoms with Crippen molar-refractivity contribution in [1.29, 1.82) is 0 Å². The molecular weight excluding hydrogens is 335 g/mol. The summed E-state index contributed by atoms with van der Waals surface area (Å²) in [6, 6.07) is 12.0. The van der Waals surface area contributed by atoms with Gasteiger partial charge in [0.05, 0.1) is 18.5 Å². The van der Waals surface area contributed by atoms with Gasteiger partial charge in [0.2, 0.25) is 10.0 Å². The van der Waals surface area contributed by atoms with Gasteiger partial charge in [-0.15, -0.1) is 0 Å². The van der Waals surface area contributed by atoms with E-state index < -0.39 is 21.7 Å². The third-order valence-electron chi connectivity index (χ3n) is 3.18. The zero-order valence-corrected chi connectivity index (χ0v) is 13.8. The zero-order chi connectivity index (χ0) is 17.7. The van der Waals surface area contributed by atoms with E-state index >= 15 is 0 Å². The van der Waals surface area contributed by atoms with Gasteiger partial charge in [0, 0.05) is 5.56 Å².